The third-order valence-electron chi connectivity index (χ3n) is 4.86. The highest BCUT2D eigenvalue weighted by Gasteiger charge is 2.15. The number of para-hydroxylation sites is 1. The Hall–Kier alpha value is -3.03. The van der Waals surface area contributed by atoms with Crippen molar-refractivity contribution in [3.8, 4) is 0 Å². The number of carbonyl (C=O) groups is 1. The SMILES string of the molecule is CCn1c2ccccc2c2cc(NC(=O)c3cc(NS(C)(=O)=O)ccc3Cl)ccc21. The van der Waals surface area contributed by atoms with Gasteiger partial charge in [-0.1, -0.05) is 29.8 Å². The van der Waals surface area contributed by atoms with E-state index in [4.69, 9.17) is 11.6 Å². The standard InChI is InChI=1S/C22H20ClN3O3S/c1-3-26-20-7-5-4-6-16(20)17-12-14(9-11-21(17)26)24-22(27)18-13-15(8-10-19(18)23)25-30(2,28)29/h4-13,25H,3H2,1-2H3,(H,24,27). The van der Waals surface area contributed by atoms with E-state index in [1.807, 2.05) is 30.3 Å². The number of carbonyl (C=O) groups excluding carboxylic acids is 1. The van der Waals surface area contributed by atoms with Crippen molar-refractivity contribution in [1.29, 1.82) is 0 Å². The highest BCUT2D eigenvalue weighted by molar-refractivity contribution is 7.92. The monoisotopic (exact) mass is 441 g/mol. The summed E-state index contributed by atoms with van der Waals surface area (Å²) in [6.07, 6.45) is 1.04. The number of anilines is 2. The van der Waals surface area contributed by atoms with Gasteiger partial charge in [0.15, 0.2) is 0 Å². The maximum atomic E-state index is 12.8. The number of benzene rings is 3. The van der Waals surface area contributed by atoms with E-state index in [2.05, 4.69) is 33.7 Å². The second-order valence-corrected chi connectivity index (χ2v) is 9.17. The van der Waals surface area contributed by atoms with Crippen molar-refractivity contribution in [3.63, 3.8) is 0 Å². The minimum absolute atomic E-state index is 0.182. The van der Waals surface area contributed by atoms with Gasteiger partial charge < -0.3 is 9.88 Å². The second kappa shape index (κ2) is 7.66. The molecular formula is C22H20ClN3O3S. The Morgan fingerprint density at radius 3 is 2.40 bits per heavy atom. The van der Waals surface area contributed by atoms with E-state index in [9.17, 15) is 13.2 Å². The lowest BCUT2D eigenvalue weighted by atomic mass is 10.1. The molecule has 1 amide bonds. The molecule has 4 aromatic rings. The van der Waals surface area contributed by atoms with Crippen LogP contribution in [0.5, 0.6) is 0 Å². The molecule has 8 heteroatoms. The third kappa shape index (κ3) is 3.86. The van der Waals surface area contributed by atoms with Crippen molar-refractivity contribution in [2.45, 2.75) is 13.5 Å². The first-order valence-electron chi connectivity index (χ1n) is 9.36. The number of amides is 1. The average molecular weight is 442 g/mol. The smallest absolute Gasteiger partial charge is 0.257 e. The van der Waals surface area contributed by atoms with Crippen LogP contribution in [-0.4, -0.2) is 25.1 Å². The topological polar surface area (TPSA) is 80.2 Å². The number of nitrogens with zero attached hydrogens (tertiary/aromatic N) is 1. The summed E-state index contributed by atoms with van der Waals surface area (Å²) in [4.78, 5) is 12.8. The van der Waals surface area contributed by atoms with Gasteiger partial charge >= 0.3 is 0 Å². The maximum absolute atomic E-state index is 12.8. The van der Waals surface area contributed by atoms with Crippen molar-refractivity contribution in [3.05, 3.63) is 71.2 Å². The third-order valence-corrected chi connectivity index (χ3v) is 5.80. The molecule has 0 unspecified atom stereocenters. The number of rotatable bonds is 5. The fourth-order valence-electron chi connectivity index (χ4n) is 3.65. The highest BCUT2D eigenvalue weighted by atomic mass is 35.5. The first-order valence-corrected chi connectivity index (χ1v) is 11.6. The quantitative estimate of drug-likeness (QED) is 0.452. The van der Waals surface area contributed by atoms with Gasteiger partial charge in [0.05, 0.1) is 16.8 Å². The van der Waals surface area contributed by atoms with Crippen LogP contribution in [0.25, 0.3) is 21.8 Å². The maximum Gasteiger partial charge on any atom is 0.257 e. The molecule has 6 nitrogen and oxygen atoms in total. The molecule has 0 spiro atoms. The fourth-order valence-corrected chi connectivity index (χ4v) is 4.41. The van der Waals surface area contributed by atoms with Gasteiger partial charge in [-0.25, -0.2) is 8.42 Å². The summed E-state index contributed by atoms with van der Waals surface area (Å²) in [5.41, 5.74) is 3.31. The van der Waals surface area contributed by atoms with Gasteiger partial charge in [0.2, 0.25) is 10.0 Å². The zero-order chi connectivity index (χ0) is 21.5. The zero-order valence-electron chi connectivity index (χ0n) is 16.4. The molecule has 1 aromatic heterocycles. The first kappa shape index (κ1) is 20.3. The molecular weight excluding hydrogens is 422 g/mol. The number of hydrogen-bond acceptors (Lipinski definition) is 3. The molecule has 0 saturated carbocycles. The van der Waals surface area contributed by atoms with E-state index >= 15 is 0 Å². The molecule has 0 radical (unpaired) electrons. The molecule has 0 aliphatic heterocycles. The van der Waals surface area contributed by atoms with Crippen LogP contribution in [0.2, 0.25) is 5.02 Å². The molecule has 0 fully saturated rings. The molecule has 0 bridgehead atoms. The van der Waals surface area contributed by atoms with Crippen LogP contribution < -0.4 is 10.0 Å². The summed E-state index contributed by atoms with van der Waals surface area (Å²) >= 11 is 6.18. The molecule has 0 atom stereocenters. The Labute approximate surface area is 179 Å². The van der Waals surface area contributed by atoms with E-state index < -0.39 is 15.9 Å². The number of aryl methyl sites for hydroxylation is 1. The predicted octanol–water partition coefficient (Wildman–Crippen LogP) is 5.09. The second-order valence-electron chi connectivity index (χ2n) is 7.02. The van der Waals surface area contributed by atoms with E-state index in [0.717, 1.165) is 34.6 Å². The van der Waals surface area contributed by atoms with Gasteiger partial charge in [-0.15, -0.1) is 0 Å². The summed E-state index contributed by atoms with van der Waals surface area (Å²) in [6, 6.07) is 18.3. The van der Waals surface area contributed by atoms with Crippen LogP contribution in [0.1, 0.15) is 17.3 Å². The lowest BCUT2D eigenvalue weighted by Crippen LogP contribution is -2.14. The minimum atomic E-state index is -3.46. The molecule has 0 aliphatic rings. The van der Waals surface area contributed by atoms with Gasteiger partial charge in [-0.05, 0) is 49.4 Å². The van der Waals surface area contributed by atoms with Gasteiger partial charge in [-0.3, -0.25) is 9.52 Å². The average Bonchev–Trinajstić information content (AvgIpc) is 3.01. The highest BCUT2D eigenvalue weighted by Crippen LogP contribution is 2.31. The van der Waals surface area contributed by atoms with E-state index in [0.29, 0.717) is 5.69 Å². The van der Waals surface area contributed by atoms with Crippen LogP contribution >= 0.6 is 11.6 Å². The number of halogens is 1. The Morgan fingerprint density at radius 2 is 1.67 bits per heavy atom. The molecule has 0 saturated heterocycles. The molecule has 3 aromatic carbocycles. The summed E-state index contributed by atoms with van der Waals surface area (Å²) in [7, 11) is -3.46. The number of nitrogens with one attached hydrogen (secondary N) is 2. The van der Waals surface area contributed by atoms with Crippen LogP contribution in [0.3, 0.4) is 0 Å². The van der Waals surface area contributed by atoms with E-state index in [-0.39, 0.29) is 16.3 Å². The predicted molar refractivity (Wildman–Crippen MR) is 123 cm³/mol. The van der Waals surface area contributed by atoms with Crippen molar-refractivity contribution < 1.29 is 13.2 Å². The Bertz CT molecular complexity index is 1390. The largest absolute Gasteiger partial charge is 0.341 e. The van der Waals surface area contributed by atoms with Crippen LogP contribution in [0.4, 0.5) is 11.4 Å². The van der Waals surface area contributed by atoms with Crippen molar-refractivity contribution in [1.82, 2.24) is 4.57 Å². The lowest BCUT2D eigenvalue weighted by molar-refractivity contribution is 0.102. The molecule has 154 valence electrons. The fraction of sp³-hybridized carbons (Fsp3) is 0.136. The van der Waals surface area contributed by atoms with Crippen LogP contribution in [-0.2, 0) is 16.6 Å². The molecule has 1 heterocycles. The number of hydrogen-bond donors (Lipinski definition) is 2. The summed E-state index contributed by atoms with van der Waals surface area (Å²) < 4.78 is 27.5. The Morgan fingerprint density at radius 1 is 0.967 bits per heavy atom. The number of aromatic nitrogens is 1. The zero-order valence-corrected chi connectivity index (χ0v) is 18.0. The van der Waals surface area contributed by atoms with E-state index in [1.165, 1.54) is 18.2 Å². The van der Waals surface area contributed by atoms with Crippen molar-refractivity contribution in [2.24, 2.45) is 0 Å². The number of sulfonamides is 1. The molecule has 4 rings (SSSR count). The van der Waals surface area contributed by atoms with Crippen molar-refractivity contribution in [2.75, 3.05) is 16.3 Å². The minimum Gasteiger partial charge on any atom is -0.341 e. The molecule has 0 aliphatic carbocycles. The normalized spacial score (nSPS) is 11.7. The van der Waals surface area contributed by atoms with Crippen LogP contribution in [0, 0.1) is 0 Å². The number of fused-ring (bicyclic) bond motifs is 3. The van der Waals surface area contributed by atoms with Gasteiger partial charge in [0, 0.05) is 39.7 Å². The van der Waals surface area contributed by atoms with Gasteiger partial charge in [0.25, 0.3) is 5.91 Å². The lowest BCUT2D eigenvalue weighted by Gasteiger charge is -2.10. The summed E-state index contributed by atoms with van der Waals surface area (Å²) in [5.74, 6) is -0.421. The van der Waals surface area contributed by atoms with E-state index in [1.54, 1.807) is 0 Å². The first-order chi connectivity index (χ1) is 14.3. The molecule has 30 heavy (non-hydrogen) atoms. The Kier molecular flexibility index (Phi) is 5.17. The summed E-state index contributed by atoms with van der Waals surface area (Å²) in [5, 5.41) is 5.25. The Balaban J connectivity index is 1.70. The van der Waals surface area contributed by atoms with Crippen molar-refractivity contribution >= 4 is 60.7 Å². The van der Waals surface area contributed by atoms with Gasteiger partial charge in [0.1, 0.15) is 0 Å². The van der Waals surface area contributed by atoms with Crippen LogP contribution in [0.15, 0.2) is 60.7 Å². The summed E-state index contributed by atoms with van der Waals surface area (Å²) in [6.45, 7) is 2.94. The van der Waals surface area contributed by atoms with Gasteiger partial charge in [-0.2, -0.15) is 0 Å². The molecule has 2 N–H and O–H groups in total.